The number of phenolic OH excluding ortho intramolecular Hbond substituents is 1. The number of para-hydroxylation sites is 1. The van der Waals surface area contributed by atoms with Crippen LogP contribution in [0.3, 0.4) is 0 Å². The monoisotopic (exact) mass is 2060 g/mol. The second kappa shape index (κ2) is 62.0. The minimum atomic E-state index is -1.83. The second-order valence-corrected chi connectivity index (χ2v) is 41.0. The number of carbonyl (C=O) groups is 18. The molecule has 0 unspecified atom stereocenters. The first kappa shape index (κ1) is 123. The number of aromatic nitrogens is 3. The third-order valence-electron chi connectivity index (χ3n) is 24.6. The molecule has 16 amide bonds. The van der Waals surface area contributed by atoms with Crippen molar-refractivity contribution in [2.75, 3.05) is 25.2 Å². The molecule has 2 aromatic heterocycles. The molecular weight excluding hydrogens is 1900 g/mol. The Labute approximate surface area is 857 Å². The Morgan fingerprint density at radius 2 is 0.753 bits per heavy atom. The second-order valence-electron chi connectivity index (χ2n) is 40.0. The third kappa shape index (κ3) is 41.8. The maximum atomic E-state index is 15.4. The van der Waals surface area contributed by atoms with Crippen LogP contribution in [0.25, 0.3) is 10.9 Å². The van der Waals surface area contributed by atoms with Crippen molar-refractivity contribution in [3.05, 3.63) is 120 Å². The number of imidazole rings is 1. The lowest BCUT2D eigenvalue weighted by molar-refractivity contribution is -0.143. The van der Waals surface area contributed by atoms with E-state index in [1.54, 1.807) is 150 Å². The average molecular weight is 2060 g/mol. The van der Waals surface area contributed by atoms with Gasteiger partial charge in [-0.15, -0.1) is 0 Å². The molecule has 18 atom stereocenters. The molecule has 43 nitrogen and oxygen atoms in total. The van der Waals surface area contributed by atoms with Gasteiger partial charge >= 0.3 is 11.9 Å². The van der Waals surface area contributed by atoms with E-state index in [9.17, 15) is 82.8 Å². The van der Waals surface area contributed by atoms with Gasteiger partial charge in [0.25, 0.3) is 0 Å². The van der Waals surface area contributed by atoms with E-state index in [1.807, 2.05) is 27.7 Å². The number of phenols is 1. The van der Waals surface area contributed by atoms with E-state index in [2.05, 4.69) is 100 Å². The lowest BCUT2D eigenvalue weighted by Crippen LogP contribution is -2.62. The summed E-state index contributed by atoms with van der Waals surface area (Å²) >= 11 is 1.29. The predicted octanol–water partition coefficient (Wildman–Crippen LogP) is 1.99. The number of aromatic amines is 2. The number of aliphatic hydroxyl groups is 1. The highest BCUT2D eigenvalue weighted by molar-refractivity contribution is 7.98. The zero-order valence-corrected chi connectivity index (χ0v) is 87.9. The molecule has 0 radical (unpaired) electrons. The van der Waals surface area contributed by atoms with E-state index in [4.69, 9.17) is 11.5 Å². The number of fused-ring (bicyclic) bond motifs is 1. The first-order valence-electron chi connectivity index (χ1n) is 50.1. The van der Waals surface area contributed by atoms with Crippen molar-refractivity contribution in [3.8, 4) is 5.75 Å². The van der Waals surface area contributed by atoms with Gasteiger partial charge in [0.2, 0.25) is 94.5 Å². The number of carboxylic acids is 2. The fourth-order valence-electron chi connectivity index (χ4n) is 16.0. The maximum Gasteiger partial charge on any atom is 0.326 e. The van der Waals surface area contributed by atoms with Gasteiger partial charge in [-0.05, 0) is 165 Å². The molecule has 3 aromatic carbocycles. The molecule has 0 aliphatic carbocycles. The van der Waals surface area contributed by atoms with Gasteiger partial charge < -0.3 is 127 Å². The molecule has 0 bridgehead atoms. The summed E-state index contributed by atoms with van der Waals surface area (Å²) in [4.78, 5) is 267. The summed E-state index contributed by atoms with van der Waals surface area (Å²) in [6.07, 6.45) is 5.54. The Kier molecular flexibility index (Phi) is 52.4. The van der Waals surface area contributed by atoms with Crippen LogP contribution in [0.15, 0.2) is 97.6 Å². The van der Waals surface area contributed by atoms with Gasteiger partial charge in [0.1, 0.15) is 102 Å². The van der Waals surface area contributed by atoms with E-state index >= 15 is 24.0 Å². The first-order valence-corrected chi connectivity index (χ1v) is 51.5. The standard InChI is InChI=1S/C102H157N21O22S/c1-19-60(16)82(104)98(140)117-72(41-53(2)3)90(132)108-61(17)86(128)109-69(31-25-26-39-103)87(129)114-75(45-62-27-21-20-22-28-62)93(135)112-74(43-55(6)7)92(134)116-78(48-65-50-105-52-107-65)95(137)115-77(47-64-49-106-68-30-24-23-29-67(64)68)94(136)113-73(42-54(4)5)91(133)110-71(38-40-146-18)89(131)120-80(51-124)97(139)122-83(57(10)11)100(142)118-76(46-63-32-34-66(125)35-33-63)96(138)121-85(59(14)15)101(143)123-84(58(12)13)99(141)111-70(36-37-81(126)127)88(130)119-79(102(144)145)44-56(8)9/h20-24,27-30,32-35,49-50,52-61,69-80,82-85,106,124-125H,19,25-26,31,36-48,51,103-104H2,1-18H3,(H,105,107)(H,108,132)(H,109,128)(H,110,133)(H,111,141)(H,112,135)(H,113,136)(H,114,129)(H,115,137)(H,116,134)(H,117,140)(H,118,142)(H,119,130)(H,120,131)(H,121,138)(H,122,139)(H,123,143)(H,126,127)(H,144,145)/t60-,61-,69-,70-,71-,72-,73-,74-,75-,76-,77-,78-,79-,80-,82-,83-,84-,85-/m0/s1. The molecule has 0 aliphatic rings. The predicted molar refractivity (Wildman–Crippen MR) is 550 cm³/mol. The molecule has 0 saturated carbocycles. The molecule has 146 heavy (non-hydrogen) atoms. The summed E-state index contributed by atoms with van der Waals surface area (Å²) in [6.45, 7) is 27.9. The van der Waals surface area contributed by atoms with Crippen LogP contribution in [0.4, 0.5) is 0 Å². The van der Waals surface area contributed by atoms with Crippen LogP contribution < -0.4 is 96.5 Å². The minimum absolute atomic E-state index is 0.00264. The SMILES string of the molecule is CC[C@H](C)[C@H](N)C(=O)N[C@@H](CC(C)C)C(=O)N[C@@H](C)C(=O)N[C@@H](CCCCN)C(=O)N[C@@H](Cc1ccccc1)C(=O)N[C@@H](CC(C)C)C(=O)N[C@@H](Cc1cnc[nH]1)C(=O)N[C@@H](Cc1c[nH]c2ccccc12)C(=O)N[C@@H](CC(C)C)C(=O)N[C@@H](CCSC)C(=O)N[C@@H](CO)C(=O)N[C@H](C(=O)N[C@@H](Cc1ccc(O)cc1)C(=O)N[C@H](C(=O)N[C@H](C(=O)N[C@@H](CCC(=O)O)C(=O)N[C@@H](CC(C)C)C(=O)O)C(C)C)C(C)C)C(C)C. The molecule has 0 aliphatic heterocycles. The number of nitrogens with one attached hydrogen (secondary N) is 18. The lowest BCUT2D eigenvalue weighted by Gasteiger charge is -2.30. The number of rotatable bonds is 65. The van der Waals surface area contributed by atoms with Crippen molar-refractivity contribution >= 4 is 129 Å². The van der Waals surface area contributed by atoms with E-state index in [1.165, 1.54) is 55.5 Å². The number of benzene rings is 3. The van der Waals surface area contributed by atoms with E-state index < -0.39 is 246 Å². The lowest BCUT2D eigenvalue weighted by atomic mass is 9.97. The zero-order chi connectivity index (χ0) is 109. The van der Waals surface area contributed by atoms with Gasteiger partial charge in [0.05, 0.1) is 19.0 Å². The van der Waals surface area contributed by atoms with E-state index in [0.717, 1.165) is 0 Å². The number of H-pyrrole nitrogens is 2. The number of aliphatic carboxylic acids is 2. The van der Waals surface area contributed by atoms with Crippen molar-refractivity contribution in [1.82, 2.24) is 100 Å². The third-order valence-corrected chi connectivity index (χ3v) is 25.2. The van der Waals surface area contributed by atoms with E-state index in [-0.39, 0.29) is 112 Å². The summed E-state index contributed by atoms with van der Waals surface area (Å²) in [5.41, 5.74) is 14.6. The van der Waals surface area contributed by atoms with Gasteiger partial charge in [0.15, 0.2) is 0 Å². The normalized spacial score (nSPS) is 15.2. The number of unbranched alkanes of at least 4 members (excludes halogenated alkanes) is 1. The number of nitrogens with two attached hydrogens (primary N) is 2. The molecule has 26 N–H and O–H groups in total. The fraction of sp³-hybridized carbons (Fsp3) is 0.598. The van der Waals surface area contributed by atoms with Crippen LogP contribution in [0.2, 0.25) is 0 Å². The molecular formula is C102H157N21O22S. The summed E-state index contributed by atoms with van der Waals surface area (Å²) in [6, 6.07) is -2.89. The molecule has 0 saturated heterocycles. The largest absolute Gasteiger partial charge is 0.508 e. The highest BCUT2D eigenvalue weighted by Gasteiger charge is 2.42. The molecule has 44 heteroatoms. The van der Waals surface area contributed by atoms with Gasteiger partial charge in [-0.3, -0.25) is 81.5 Å². The Bertz CT molecular complexity index is 5120. The van der Waals surface area contributed by atoms with Gasteiger partial charge in [-0.2, -0.15) is 11.8 Å². The van der Waals surface area contributed by atoms with Crippen LogP contribution in [-0.4, -0.2) is 270 Å². The molecule has 2 heterocycles. The fourth-order valence-corrected chi connectivity index (χ4v) is 16.5. The number of hydrogen-bond acceptors (Lipinski definition) is 24. The molecule has 0 spiro atoms. The van der Waals surface area contributed by atoms with Gasteiger partial charge in [-0.1, -0.05) is 178 Å². The smallest absolute Gasteiger partial charge is 0.326 e. The quantitative estimate of drug-likeness (QED) is 0.0248. The molecule has 808 valence electrons. The van der Waals surface area contributed by atoms with Crippen LogP contribution in [0.5, 0.6) is 5.75 Å². The number of nitrogens with zero attached hydrogens (tertiary/aromatic N) is 1. The van der Waals surface area contributed by atoms with Crippen LogP contribution >= 0.6 is 11.8 Å². The zero-order valence-electron chi connectivity index (χ0n) is 87.0. The van der Waals surface area contributed by atoms with Crippen molar-refractivity contribution in [2.45, 2.75) is 317 Å². The van der Waals surface area contributed by atoms with Crippen LogP contribution in [0.1, 0.15) is 211 Å². The number of hydrogen-bond donors (Lipinski definition) is 24. The summed E-state index contributed by atoms with van der Waals surface area (Å²) in [7, 11) is 0. The van der Waals surface area contributed by atoms with Gasteiger partial charge in [-0.25, -0.2) is 9.78 Å². The van der Waals surface area contributed by atoms with Gasteiger partial charge in [0, 0.05) is 61.1 Å². The average Bonchev–Trinajstić information content (AvgIpc) is 1.68. The summed E-state index contributed by atoms with van der Waals surface area (Å²) < 4.78 is 0. The number of amides is 16. The Hall–Kier alpha value is -13.1. The summed E-state index contributed by atoms with van der Waals surface area (Å²) in [5.74, 6) is -20.1. The Balaban J connectivity index is 1.41. The van der Waals surface area contributed by atoms with Crippen molar-refractivity contribution in [1.29, 1.82) is 0 Å². The highest BCUT2D eigenvalue weighted by Crippen LogP contribution is 2.23. The number of aromatic hydroxyl groups is 1. The number of carbonyl (C=O) groups excluding carboxylic acids is 16. The van der Waals surface area contributed by atoms with Crippen LogP contribution in [0, 0.1) is 47.3 Å². The molecule has 0 fully saturated rings. The topological polar surface area (TPSA) is 677 Å². The molecule has 5 rings (SSSR count). The van der Waals surface area contributed by atoms with Crippen LogP contribution in [-0.2, 0) is 112 Å². The van der Waals surface area contributed by atoms with Crippen molar-refractivity contribution in [2.24, 2.45) is 58.8 Å². The first-order chi connectivity index (χ1) is 68.9. The van der Waals surface area contributed by atoms with Crippen molar-refractivity contribution < 1.29 is 107 Å². The Morgan fingerprint density at radius 3 is 1.21 bits per heavy atom. The minimum Gasteiger partial charge on any atom is -0.508 e. The summed E-state index contributed by atoms with van der Waals surface area (Å²) in [5, 5.41) is 84.0. The number of carboxylic acid groups (broad SMARTS) is 2. The Morgan fingerprint density at radius 1 is 0.384 bits per heavy atom. The number of thioether (sulfide) groups is 1. The van der Waals surface area contributed by atoms with E-state index in [0.29, 0.717) is 52.5 Å². The maximum absolute atomic E-state index is 15.4. The molecule has 5 aromatic rings. The number of aliphatic hydroxyl groups excluding tert-OH is 1. The highest BCUT2D eigenvalue weighted by atomic mass is 32.2. The van der Waals surface area contributed by atoms with Crippen molar-refractivity contribution in [3.63, 3.8) is 0 Å².